The minimum Gasteiger partial charge on any atom is -0.350 e. The number of halogens is 2. The molecule has 0 atom stereocenters. The summed E-state index contributed by atoms with van der Waals surface area (Å²) < 4.78 is 25.7. The molecule has 0 saturated heterocycles. The van der Waals surface area contributed by atoms with Gasteiger partial charge in [0.1, 0.15) is 18.2 Å². The molecule has 0 unspecified atom stereocenters. The highest BCUT2D eigenvalue weighted by molar-refractivity contribution is 5.75. The van der Waals surface area contributed by atoms with Crippen LogP contribution in [0.4, 0.5) is 8.78 Å². The molecule has 0 aliphatic carbocycles. The van der Waals surface area contributed by atoms with E-state index in [0.29, 0.717) is 11.4 Å². The smallest absolute Gasteiger partial charge is 0.243 e. The van der Waals surface area contributed by atoms with Crippen molar-refractivity contribution in [3.8, 4) is 11.4 Å². The van der Waals surface area contributed by atoms with Gasteiger partial charge in [0.2, 0.25) is 11.7 Å². The lowest BCUT2D eigenvalue weighted by Crippen LogP contribution is -2.28. The molecule has 8 heteroatoms. The van der Waals surface area contributed by atoms with Crippen LogP contribution in [0.25, 0.3) is 11.4 Å². The number of hydrogen-bond acceptors (Lipinski definition) is 4. The molecule has 0 bridgehead atoms. The summed E-state index contributed by atoms with van der Waals surface area (Å²) in [5, 5.41) is 14.4. The summed E-state index contributed by atoms with van der Waals surface area (Å²) in [6.45, 7) is 0.175. The van der Waals surface area contributed by atoms with E-state index in [1.807, 2.05) is 0 Å². The quantitative estimate of drug-likeness (QED) is 0.776. The summed E-state index contributed by atoms with van der Waals surface area (Å²) in [5.41, 5.74) is 1.39. The Balaban J connectivity index is 1.57. The number of carbonyl (C=O) groups is 1. The van der Waals surface area contributed by atoms with E-state index >= 15 is 0 Å². The summed E-state index contributed by atoms with van der Waals surface area (Å²) >= 11 is 0. The van der Waals surface area contributed by atoms with Gasteiger partial charge in [0, 0.05) is 12.1 Å². The molecule has 0 aliphatic rings. The Morgan fingerprint density at radius 1 is 1.00 bits per heavy atom. The predicted molar refractivity (Wildman–Crippen MR) is 81.5 cm³/mol. The van der Waals surface area contributed by atoms with Gasteiger partial charge in [-0.25, -0.2) is 8.78 Å². The number of aromatic nitrogens is 4. The van der Waals surface area contributed by atoms with Gasteiger partial charge in [0.05, 0.1) is 0 Å². The average Bonchev–Trinajstić information content (AvgIpc) is 3.03. The zero-order chi connectivity index (χ0) is 16.9. The van der Waals surface area contributed by atoms with Crippen molar-refractivity contribution in [3.05, 3.63) is 65.7 Å². The Bertz CT molecular complexity index is 830. The molecule has 6 nitrogen and oxygen atoms in total. The molecule has 3 aromatic rings. The molecular formula is C16H13F2N5O. The van der Waals surface area contributed by atoms with Crippen LogP contribution >= 0.6 is 0 Å². The highest BCUT2D eigenvalue weighted by Crippen LogP contribution is 2.13. The lowest BCUT2D eigenvalue weighted by Gasteiger charge is -2.04. The van der Waals surface area contributed by atoms with E-state index in [-0.39, 0.29) is 30.6 Å². The van der Waals surface area contributed by atoms with Gasteiger partial charge in [-0.1, -0.05) is 12.1 Å². The zero-order valence-electron chi connectivity index (χ0n) is 12.5. The molecular weight excluding hydrogens is 316 g/mol. The Labute approximate surface area is 136 Å². The third-order valence-electron chi connectivity index (χ3n) is 3.24. The molecule has 3 rings (SSSR count). The standard InChI is InChI=1S/C16H13F2N5O/c17-13-5-1-11(2-6-13)9-19-15(24)10-23-21-16(20-22-23)12-3-7-14(18)8-4-12/h1-8H,9-10H2,(H,19,24). The van der Waals surface area contributed by atoms with E-state index in [1.165, 1.54) is 36.4 Å². The number of tetrazole rings is 1. The van der Waals surface area contributed by atoms with Crippen LogP contribution in [-0.2, 0) is 17.9 Å². The van der Waals surface area contributed by atoms with Gasteiger partial charge in [0.25, 0.3) is 0 Å². The number of rotatable bonds is 5. The average molecular weight is 329 g/mol. The van der Waals surface area contributed by atoms with Crippen molar-refractivity contribution in [2.75, 3.05) is 0 Å². The van der Waals surface area contributed by atoms with Crippen LogP contribution in [0.3, 0.4) is 0 Å². The Kier molecular flexibility index (Phi) is 4.55. The summed E-state index contributed by atoms with van der Waals surface area (Å²) in [7, 11) is 0. The number of carbonyl (C=O) groups excluding carboxylic acids is 1. The molecule has 1 heterocycles. The highest BCUT2D eigenvalue weighted by Gasteiger charge is 2.09. The first kappa shape index (κ1) is 15.7. The van der Waals surface area contributed by atoms with Crippen LogP contribution in [-0.4, -0.2) is 26.1 Å². The van der Waals surface area contributed by atoms with Crippen molar-refractivity contribution in [1.82, 2.24) is 25.5 Å². The molecule has 0 radical (unpaired) electrons. The van der Waals surface area contributed by atoms with E-state index in [2.05, 4.69) is 20.7 Å². The van der Waals surface area contributed by atoms with Crippen LogP contribution in [0.2, 0.25) is 0 Å². The van der Waals surface area contributed by atoms with Crippen LogP contribution in [0.15, 0.2) is 48.5 Å². The summed E-state index contributed by atoms with van der Waals surface area (Å²) in [6, 6.07) is 11.5. The molecule has 0 aliphatic heterocycles. The van der Waals surface area contributed by atoms with Crippen LogP contribution < -0.4 is 5.32 Å². The van der Waals surface area contributed by atoms with E-state index in [4.69, 9.17) is 0 Å². The molecule has 2 aromatic carbocycles. The second-order valence-corrected chi connectivity index (χ2v) is 5.05. The van der Waals surface area contributed by atoms with E-state index in [0.717, 1.165) is 10.4 Å². The lowest BCUT2D eigenvalue weighted by molar-refractivity contribution is -0.122. The molecule has 0 fully saturated rings. The van der Waals surface area contributed by atoms with Gasteiger partial charge in [-0.2, -0.15) is 4.80 Å². The van der Waals surface area contributed by atoms with Crippen LogP contribution in [0, 0.1) is 11.6 Å². The van der Waals surface area contributed by atoms with E-state index in [9.17, 15) is 13.6 Å². The topological polar surface area (TPSA) is 72.7 Å². The first-order chi connectivity index (χ1) is 11.6. The van der Waals surface area contributed by atoms with E-state index in [1.54, 1.807) is 12.1 Å². The molecule has 24 heavy (non-hydrogen) atoms. The predicted octanol–water partition coefficient (Wildman–Crippen LogP) is 1.93. The fourth-order valence-corrected chi connectivity index (χ4v) is 2.01. The van der Waals surface area contributed by atoms with Gasteiger partial charge in [-0.05, 0) is 47.2 Å². The third-order valence-corrected chi connectivity index (χ3v) is 3.24. The van der Waals surface area contributed by atoms with Crippen molar-refractivity contribution in [2.45, 2.75) is 13.1 Å². The fraction of sp³-hybridized carbons (Fsp3) is 0.125. The highest BCUT2D eigenvalue weighted by atomic mass is 19.1. The summed E-state index contributed by atoms with van der Waals surface area (Å²) in [6.07, 6.45) is 0. The molecule has 0 spiro atoms. The summed E-state index contributed by atoms with van der Waals surface area (Å²) in [4.78, 5) is 13.0. The SMILES string of the molecule is O=C(Cn1nnc(-c2ccc(F)cc2)n1)NCc1ccc(F)cc1. The molecule has 1 aromatic heterocycles. The molecule has 122 valence electrons. The maximum absolute atomic E-state index is 12.9. The largest absolute Gasteiger partial charge is 0.350 e. The van der Waals surface area contributed by atoms with Gasteiger partial charge < -0.3 is 5.32 Å². The normalized spacial score (nSPS) is 10.6. The van der Waals surface area contributed by atoms with Crippen LogP contribution in [0.5, 0.6) is 0 Å². The van der Waals surface area contributed by atoms with Crippen molar-refractivity contribution < 1.29 is 13.6 Å². The zero-order valence-corrected chi connectivity index (χ0v) is 12.5. The monoisotopic (exact) mass is 329 g/mol. The maximum Gasteiger partial charge on any atom is 0.243 e. The fourth-order valence-electron chi connectivity index (χ4n) is 2.01. The van der Waals surface area contributed by atoms with Gasteiger partial charge >= 0.3 is 0 Å². The number of nitrogens with zero attached hydrogens (tertiary/aromatic N) is 4. The number of benzene rings is 2. The number of hydrogen-bond donors (Lipinski definition) is 1. The Morgan fingerprint density at radius 3 is 2.29 bits per heavy atom. The van der Waals surface area contributed by atoms with Crippen LogP contribution in [0.1, 0.15) is 5.56 Å². The Morgan fingerprint density at radius 2 is 1.62 bits per heavy atom. The van der Waals surface area contributed by atoms with Crippen molar-refractivity contribution >= 4 is 5.91 Å². The third kappa shape index (κ3) is 3.97. The second-order valence-electron chi connectivity index (χ2n) is 5.05. The summed E-state index contributed by atoms with van der Waals surface area (Å²) in [5.74, 6) is -0.680. The lowest BCUT2D eigenvalue weighted by atomic mass is 10.2. The minimum absolute atomic E-state index is 0.102. The number of amides is 1. The van der Waals surface area contributed by atoms with E-state index < -0.39 is 0 Å². The van der Waals surface area contributed by atoms with Gasteiger partial charge in [0.15, 0.2) is 0 Å². The maximum atomic E-state index is 12.9. The molecule has 0 saturated carbocycles. The van der Waals surface area contributed by atoms with Gasteiger partial charge in [-0.3, -0.25) is 4.79 Å². The van der Waals surface area contributed by atoms with Crippen molar-refractivity contribution in [3.63, 3.8) is 0 Å². The molecule has 1 N–H and O–H groups in total. The molecule has 1 amide bonds. The Hall–Kier alpha value is -3.16. The van der Waals surface area contributed by atoms with Crippen molar-refractivity contribution in [2.24, 2.45) is 0 Å². The van der Waals surface area contributed by atoms with Crippen molar-refractivity contribution in [1.29, 1.82) is 0 Å². The first-order valence-corrected chi connectivity index (χ1v) is 7.15. The van der Waals surface area contributed by atoms with Gasteiger partial charge in [-0.15, -0.1) is 10.2 Å². The number of nitrogens with one attached hydrogen (secondary N) is 1. The second kappa shape index (κ2) is 6.95. The minimum atomic E-state index is -0.355. The first-order valence-electron chi connectivity index (χ1n) is 7.15.